The molecule has 1 unspecified atom stereocenters. The summed E-state index contributed by atoms with van der Waals surface area (Å²) in [5.74, 6) is 0.253. The smallest absolute Gasteiger partial charge is 0.258 e. The van der Waals surface area contributed by atoms with Crippen molar-refractivity contribution in [3.05, 3.63) is 28.3 Å². The minimum absolute atomic E-state index is 0.0933. The molecule has 11 heteroatoms. The maximum absolute atomic E-state index is 12.9. The summed E-state index contributed by atoms with van der Waals surface area (Å²) in [7, 11) is 0. The van der Waals surface area contributed by atoms with E-state index < -0.39 is 23.8 Å². The van der Waals surface area contributed by atoms with E-state index in [2.05, 4.69) is 20.6 Å². The highest BCUT2D eigenvalue weighted by molar-refractivity contribution is 5.22. The van der Waals surface area contributed by atoms with Crippen molar-refractivity contribution in [3.63, 3.8) is 0 Å². The Morgan fingerprint density at radius 3 is 2.77 bits per heavy atom. The second-order valence-corrected chi connectivity index (χ2v) is 5.14. The molecule has 0 spiro atoms. The van der Waals surface area contributed by atoms with Crippen molar-refractivity contribution in [2.75, 3.05) is 0 Å². The number of hydrogen-bond donors (Lipinski definition) is 0. The van der Waals surface area contributed by atoms with Crippen LogP contribution in [0.2, 0.25) is 0 Å². The van der Waals surface area contributed by atoms with Crippen molar-refractivity contribution in [1.29, 1.82) is 0 Å². The van der Waals surface area contributed by atoms with Crippen LogP contribution in [-0.2, 0) is 0 Å². The molecule has 9 nitrogen and oxygen atoms in total. The average molecular weight is 313 g/mol. The fraction of sp³-hybridized carbons (Fsp3) is 0.636. The van der Waals surface area contributed by atoms with Crippen molar-refractivity contribution in [3.8, 4) is 0 Å². The lowest BCUT2D eigenvalue weighted by atomic mass is 9.93. The van der Waals surface area contributed by atoms with Crippen LogP contribution in [0, 0.1) is 10.1 Å². The molecule has 1 aliphatic carbocycles. The normalized spacial score (nSPS) is 16.7. The third-order valence-electron chi connectivity index (χ3n) is 3.76. The lowest BCUT2D eigenvalue weighted by Gasteiger charge is -2.27. The molecule has 22 heavy (non-hydrogen) atoms. The number of rotatable bonds is 6. The number of alkyl halides is 2. The monoisotopic (exact) mass is 313 g/mol. The predicted octanol–water partition coefficient (Wildman–Crippen LogP) is 1.75. The zero-order valence-corrected chi connectivity index (χ0v) is 11.4. The molecule has 0 saturated heterocycles. The van der Waals surface area contributed by atoms with Gasteiger partial charge in [-0.3, -0.25) is 14.8 Å². The van der Waals surface area contributed by atoms with Gasteiger partial charge in [0.15, 0.2) is 5.82 Å². The van der Waals surface area contributed by atoms with Crippen molar-refractivity contribution < 1.29 is 13.7 Å². The van der Waals surface area contributed by atoms with E-state index >= 15 is 0 Å². The molecule has 3 rings (SSSR count). The van der Waals surface area contributed by atoms with E-state index in [-0.39, 0.29) is 17.6 Å². The largest absolute Gasteiger partial charge is 0.307 e. The fourth-order valence-corrected chi connectivity index (χ4v) is 2.40. The number of hydrogen-bond acceptors (Lipinski definition) is 6. The Morgan fingerprint density at radius 2 is 2.23 bits per heavy atom. The lowest BCUT2D eigenvalue weighted by molar-refractivity contribution is -0.385. The van der Waals surface area contributed by atoms with Gasteiger partial charge in [0.2, 0.25) is 6.43 Å². The maximum Gasteiger partial charge on any atom is 0.307 e. The summed E-state index contributed by atoms with van der Waals surface area (Å²) in [6, 6.07) is -0.847. The Bertz CT molecular complexity index is 667. The van der Waals surface area contributed by atoms with Crippen molar-refractivity contribution in [1.82, 2.24) is 30.0 Å². The van der Waals surface area contributed by atoms with Crippen LogP contribution < -0.4 is 0 Å². The van der Waals surface area contributed by atoms with Gasteiger partial charge in [-0.15, -0.1) is 5.10 Å². The summed E-state index contributed by atoms with van der Waals surface area (Å²) < 4.78 is 28.5. The van der Waals surface area contributed by atoms with E-state index in [4.69, 9.17) is 0 Å². The summed E-state index contributed by atoms with van der Waals surface area (Å²) in [4.78, 5) is 10.1. The molecule has 2 aromatic rings. The minimum Gasteiger partial charge on any atom is -0.258 e. The van der Waals surface area contributed by atoms with E-state index in [0.29, 0.717) is 0 Å². The Balaban J connectivity index is 1.95. The Labute approximate surface area is 123 Å². The summed E-state index contributed by atoms with van der Waals surface area (Å²) in [6.45, 7) is 0. The fourth-order valence-electron chi connectivity index (χ4n) is 2.40. The van der Waals surface area contributed by atoms with E-state index in [0.717, 1.165) is 36.3 Å². The van der Waals surface area contributed by atoms with Crippen molar-refractivity contribution >= 4 is 5.69 Å². The van der Waals surface area contributed by atoms with Gasteiger partial charge in [0.1, 0.15) is 18.4 Å². The van der Waals surface area contributed by atoms with Crippen LogP contribution in [0.25, 0.3) is 0 Å². The minimum atomic E-state index is -2.61. The highest BCUT2D eigenvalue weighted by atomic mass is 19.3. The molecule has 2 heterocycles. The Hall–Kier alpha value is -2.46. The molecule has 1 saturated carbocycles. The highest BCUT2D eigenvalue weighted by Gasteiger charge is 2.31. The number of halogens is 2. The van der Waals surface area contributed by atoms with Gasteiger partial charge in [-0.25, -0.2) is 13.5 Å². The molecule has 1 aliphatic rings. The topological polar surface area (TPSA) is 105 Å². The molecule has 118 valence electrons. The molecule has 0 bridgehead atoms. The summed E-state index contributed by atoms with van der Waals surface area (Å²) in [5, 5.41) is 25.8. The van der Waals surface area contributed by atoms with Crippen LogP contribution in [0.4, 0.5) is 14.5 Å². The molecule has 0 aliphatic heterocycles. The standard InChI is InChI=1S/C11H13F2N7O2/c12-10(13)4-9(18-6-8(5-14-18)20(21)22)11-15-16-17-19(11)7-2-1-3-7/h5-7,9-10H,1-4H2. The van der Waals surface area contributed by atoms with E-state index in [9.17, 15) is 18.9 Å². The molecule has 1 fully saturated rings. The van der Waals surface area contributed by atoms with Gasteiger partial charge in [-0.1, -0.05) is 0 Å². The summed E-state index contributed by atoms with van der Waals surface area (Å²) in [5.41, 5.74) is -0.262. The summed E-state index contributed by atoms with van der Waals surface area (Å²) >= 11 is 0. The third kappa shape index (κ3) is 2.65. The van der Waals surface area contributed by atoms with Crippen molar-refractivity contribution in [2.24, 2.45) is 0 Å². The van der Waals surface area contributed by atoms with Crippen LogP contribution in [0.15, 0.2) is 12.4 Å². The average Bonchev–Trinajstić information content (AvgIpc) is 3.02. The number of nitro groups is 1. The van der Waals surface area contributed by atoms with Crippen LogP contribution in [0.5, 0.6) is 0 Å². The Morgan fingerprint density at radius 1 is 1.45 bits per heavy atom. The van der Waals surface area contributed by atoms with Crippen LogP contribution >= 0.6 is 0 Å². The molecular weight excluding hydrogens is 300 g/mol. The predicted molar refractivity (Wildman–Crippen MR) is 68.3 cm³/mol. The first-order chi connectivity index (χ1) is 10.6. The highest BCUT2D eigenvalue weighted by Crippen LogP contribution is 2.34. The first-order valence-electron chi connectivity index (χ1n) is 6.80. The first kappa shape index (κ1) is 14.5. The van der Waals surface area contributed by atoms with Crippen LogP contribution in [0.1, 0.15) is 43.6 Å². The number of aromatic nitrogens is 6. The van der Waals surface area contributed by atoms with E-state index in [1.54, 1.807) is 0 Å². The zero-order valence-electron chi connectivity index (χ0n) is 11.4. The van der Waals surface area contributed by atoms with Gasteiger partial charge < -0.3 is 0 Å². The van der Waals surface area contributed by atoms with Gasteiger partial charge >= 0.3 is 5.69 Å². The third-order valence-corrected chi connectivity index (χ3v) is 3.76. The molecule has 1 atom stereocenters. The first-order valence-corrected chi connectivity index (χ1v) is 6.80. The van der Waals surface area contributed by atoms with Gasteiger partial charge in [-0.05, 0) is 29.7 Å². The molecule has 2 aromatic heterocycles. The van der Waals surface area contributed by atoms with Gasteiger partial charge in [-0.2, -0.15) is 5.10 Å². The molecule has 0 amide bonds. The summed E-state index contributed by atoms with van der Waals surface area (Å²) in [6.07, 6.45) is 1.78. The molecule has 0 N–H and O–H groups in total. The maximum atomic E-state index is 12.9. The van der Waals surface area contributed by atoms with Crippen molar-refractivity contribution in [2.45, 2.75) is 44.2 Å². The zero-order chi connectivity index (χ0) is 15.7. The second-order valence-electron chi connectivity index (χ2n) is 5.14. The quantitative estimate of drug-likeness (QED) is 0.594. The Kier molecular flexibility index (Phi) is 3.77. The van der Waals surface area contributed by atoms with Gasteiger partial charge in [0, 0.05) is 6.42 Å². The van der Waals surface area contributed by atoms with Gasteiger partial charge in [0.05, 0.1) is 11.0 Å². The van der Waals surface area contributed by atoms with Crippen LogP contribution in [0.3, 0.4) is 0 Å². The number of nitrogens with zero attached hydrogens (tertiary/aromatic N) is 7. The molecule has 0 radical (unpaired) electrons. The molecular formula is C11H13F2N7O2. The van der Waals surface area contributed by atoms with Gasteiger partial charge in [0.25, 0.3) is 0 Å². The van der Waals surface area contributed by atoms with E-state index in [1.165, 1.54) is 4.68 Å². The van der Waals surface area contributed by atoms with E-state index in [1.807, 2.05) is 0 Å². The SMILES string of the molecule is O=[N+]([O-])c1cnn(C(CC(F)F)c2nnnn2C2CCC2)c1. The number of tetrazole rings is 1. The lowest BCUT2D eigenvalue weighted by Crippen LogP contribution is -2.25. The second kappa shape index (κ2) is 5.73. The molecule has 0 aromatic carbocycles. The van der Waals surface area contributed by atoms with Crippen LogP contribution in [-0.4, -0.2) is 41.3 Å².